The Labute approximate surface area is 133 Å². The quantitative estimate of drug-likeness (QED) is 0.674. The Morgan fingerprint density at radius 3 is 2.18 bits per heavy atom. The summed E-state index contributed by atoms with van der Waals surface area (Å²) in [7, 11) is 0. The third-order valence-corrected chi connectivity index (χ3v) is 3.31. The first-order chi connectivity index (χ1) is 10.5. The normalized spacial score (nSPS) is 12.7. The second-order valence-electron chi connectivity index (χ2n) is 6.39. The van der Waals surface area contributed by atoms with Gasteiger partial charge in [-0.2, -0.15) is 0 Å². The topological polar surface area (TPSA) is 18.5 Å². The van der Waals surface area contributed by atoms with Crippen molar-refractivity contribution in [1.82, 2.24) is 0 Å². The van der Waals surface area contributed by atoms with Gasteiger partial charge in [0.15, 0.2) is 0 Å². The number of ether oxygens (including phenoxy) is 2. The molecule has 2 rings (SSSR count). The zero-order chi connectivity index (χ0) is 16.0. The van der Waals surface area contributed by atoms with Crippen LogP contribution in [0.5, 0.6) is 5.75 Å². The number of rotatable bonds is 6. The lowest BCUT2D eigenvalue weighted by molar-refractivity contribution is -0.148. The molecule has 0 aromatic heterocycles. The van der Waals surface area contributed by atoms with Gasteiger partial charge in [0.2, 0.25) is 6.29 Å². The van der Waals surface area contributed by atoms with Gasteiger partial charge in [0.1, 0.15) is 5.75 Å². The molecular formula is C20H24O2. The van der Waals surface area contributed by atoms with Crippen LogP contribution in [0, 0.1) is 5.41 Å². The molecule has 0 amide bonds. The Morgan fingerprint density at radius 2 is 1.64 bits per heavy atom. The Hall–Kier alpha value is -2.06. The first-order valence-electron chi connectivity index (χ1n) is 7.54. The number of benzene rings is 2. The monoisotopic (exact) mass is 296 g/mol. The van der Waals surface area contributed by atoms with E-state index in [9.17, 15) is 0 Å². The molecular weight excluding hydrogens is 272 g/mol. The summed E-state index contributed by atoms with van der Waals surface area (Å²) in [5.74, 6) is 0.804. The first kappa shape index (κ1) is 16.3. The predicted octanol–water partition coefficient (Wildman–Crippen LogP) is 5.30. The summed E-state index contributed by atoms with van der Waals surface area (Å²) < 4.78 is 12.1. The highest BCUT2D eigenvalue weighted by molar-refractivity contribution is 5.48. The fourth-order valence-electron chi connectivity index (χ4n) is 2.01. The Morgan fingerprint density at radius 1 is 1.00 bits per heavy atom. The van der Waals surface area contributed by atoms with Crippen molar-refractivity contribution in [2.24, 2.45) is 5.41 Å². The Bertz CT molecular complexity index is 579. The van der Waals surface area contributed by atoms with Gasteiger partial charge in [0.25, 0.3) is 0 Å². The molecule has 0 aliphatic carbocycles. The van der Waals surface area contributed by atoms with Crippen molar-refractivity contribution in [2.45, 2.75) is 33.7 Å². The second-order valence-corrected chi connectivity index (χ2v) is 6.39. The summed E-state index contributed by atoms with van der Waals surface area (Å²) in [4.78, 5) is 0. The van der Waals surface area contributed by atoms with Crippen molar-refractivity contribution in [3.05, 3.63) is 72.3 Å². The minimum Gasteiger partial charge on any atom is -0.464 e. The van der Waals surface area contributed by atoms with Crippen LogP contribution >= 0.6 is 0 Å². The molecule has 0 saturated carbocycles. The van der Waals surface area contributed by atoms with E-state index >= 15 is 0 Å². The van der Waals surface area contributed by atoms with Crippen LogP contribution in [0.15, 0.2) is 61.2 Å². The predicted molar refractivity (Wildman–Crippen MR) is 91.6 cm³/mol. The lowest BCUT2D eigenvalue weighted by Crippen LogP contribution is -2.34. The molecule has 0 fully saturated rings. The summed E-state index contributed by atoms with van der Waals surface area (Å²) in [5, 5.41) is 0. The average Bonchev–Trinajstić information content (AvgIpc) is 2.52. The molecule has 22 heavy (non-hydrogen) atoms. The maximum absolute atomic E-state index is 6.04. The first-order valence-corrected chi connectivity index (χ1v) is 7.54. The van der Waals surface area contributed by atoms with Crippen LogP contribution in [0.25, 0.3) is 6.08 Å². The van der Waals surface area contributed by atoms with Crippen LogP contribution in [0.1, 0.15) is 31.9 Å². The van der Waals surface area contributed by atoms with Crippen molar-refractivity contribution >= 4 is 6.08 Å². The largest absolute Gasteiger partial charge is 0.464 e. The van der Waals surface area contributed by atoms with Gasteiger partial charge in [0, 0.05) is 5.41 Å². The second kappa shape index (κ2) is 7.28. The highest BCUT2D eigenvalue weighted by Gasteiger charge is 2.27. The molecule has 1 atom stereocenters. The third-order valence-electron chi connectivity index (χ3n) is 3.31. The molecule has 0 spiro atoms. The van der Waals surface area contributed by atoms with Crippen LogP contribution in [0.2, 0.25) is 0 Å². The van der Waals surface area contributed by atoms with Gasteiger partial charge in [-0.1, -0.05) is 75.9 Å². The van der Waals surface area contributed by atoms with Crippen molar-refractivity contribution in [3.63, 3.8) is 0 Å². The van der Waals surface area contributed by atoms with E-state index in [2.05, 4.69) is 39.5 Å². The molecule has 116 valence electrons. The van der Waals surface area contributed by atoms with Crippen molar-refractivity contribution < 1.29 is 9.47 Å². The molecule has 2 nitrogen and oxygen atoms in total. The van der Waals surface area contributed by atoms with Crippen LogP contribution in [0.4, 0.5) is 0 Å². The van der Waals surface area contributed by atoms with Crippen LogP contribution < -0.4 is 4.74 Å². The summed E-state index contributed by atoms with van der Waals surface area (Å²) in [6.45, 7) is 10.6. The van der Waals surface area contributed by atoms with Crippen LogP contribution in [-0.2, 0) is 11.3 Å². The smallest absolute Gasteiger partial charge is 0.205 e. The van der Waals surface area contributed by atoms with E-state index in [0.717, 1.165) is 16.9 Å². The molecule has 2 aromatic carbocycles. The number of hydrogen-bond acceptors (Lipinski definition) is 2. The maximum atomic E-state index is 6.04. The molecule has 2 aromatic rings. The molecule has 2 heteroatoms. The fourth-order valence-corrected chi connectivity index (χ4v) is 2.01. The summed E-state index contributed by atoms with van der Waals surface area (Å²) >= 11 is 0. The van der Waals surface area contributed by atoms with Gasteiger partial charge >= 0.3 is 0 Å². The molecule has 0 radical (unpaired) electrons. The highest BCUT2D eigenvalue weighted by atomic mass is 16.7. The Balaban J connectivity index is 2.04. The highest BCUT2D eigenvalue weighted by Crippen LogP contribution is 2.27. The molecule has 0 aliphatic rings. The minimum absolute atomic E-state index is 0.119. The zero-order valence-corrected chi connectivity index (χ0v) is 13.6. The van der Waals surface area contributed by atoms with Gasteiger partial charge in [-0.05, 0) is 23.3 Å². The van der Waals surface area contributed by atoms with Gasteiger partial charge in [0.05, 0.1) is 6.61 Å². The van der Waals surface area contributed by atoms with E-state index in [1.807, 2.05) is 48.5 Å². The van der Waals surface area contributed by atoms with E-state index < -0.39 is 0 Å². The third kappa shape index (κ3) is 4.74. The average molecular weight is 296 g/mol. The minimum atomic E-state index is -0.317. The number of hydrogen-bond donors (Lipinski definition) is 0. The molecule has 0 saturated heterocycles. The van der Waals surface area contributed by atoms with E-state index in [1.54, 1.807) is 0 Å². The van der Waals surface area contributed by atoms with Crippen molar-refractivity contribution in [3.8, 4) is 5.75 Å². The molecule has 0 bridgehead atoms. The van der Waals surface area contributed by atoms with Crippen LogP contribution in [0.3, 0.4) is 0 Å². The summed E-state index contributed by atoms with van der Waals surface area (Å²) in [5.41, 5.74) is 2.10. The standard InChI is InChI=1S/C20H24O2/c1-5-16-11-13-18(14-12-16)22-19(20(2,3)4)21-15-17-9-7-6-8-10-17/h5-14,19H,1,15H2,2-4H3. The van der Waals surface area contributed by atoms with Gasteiger partial charge in [-0.25, -0.2) is 0 Å². The molecule has 0 heterocycles. The lowest BCUT2D eigenvalue weighted by atomic mass is 9.96. The van der Waals surface area contributed by atoms with Crippen LogP contribution in [-0.4, -0.2) is 6.29 Å². The van der Waals surface area contributed by atoms with Gasteiger partial charge < -0.3 is 9.47 Å². The molecule has 1 unspecified atom stereocenters. The lowest BCUT2D eigenvalue weighted by Gasteiger charge is -2.31. The summed E-state index contributed by atoms with van der Waals surface area (Å²) in [6.07, 6.45) is 1.50. The van der Waals surface area contributed by atoms with Crippen molar-refractivity contribution in [1.29, 1.82) is 0 Å². The van der Waals surface area contributed by atoms with Gasteiger partial charge in [-0.3, -0.25) is 0 Å². The van der Waals surface area contributed by atoms with E-state index in [4.69, 9.17) is 9.47 Å². The van der Waals surface area contributed by atoms with E-state index in [1.165, 1.54) is 0 Å². The fraction of sp³-hybridized carbons (Fsp3) is 0.300. The maximum Gasteiger partial charge on any atom is 0.205 e. The molecule has 0 aliphatic heterocycles. The van der Waals surface area contributed by atoms with E-state index in [-0.39, 0.29) is 11.7 Å². The van der Waals surface area contributed by atoms with Crippen molar-refractivity contribution in [2.75, 3.05) is 0 Å². The zero-order valence-electron chi connectivity index (χ0n) is 13.6. The Kier molecular flexibility index (Phi) is 5.40. The van der Waals surface area contributed by atoms with E-state index in [0.29, 0.717) is 6.61 Å². The SMILES string of the molecule is C=Cc1ccc(OC(OCc2ccccc2)C(C)(C)C)cc1. The molecule has 0 N–H and O–H groups in total. The summed E-state index contributed by atoms with van der Waals surface area (Å²) in [6, 6.07) is 18.0. The van der Waals surface area contributed by atoms with Gasteiger partial charge in [-0.15, -0.1) is 0 Å².